The summed E-state index contributed by atoms with van der Waals surface area (Å²) in [4.78, 5) is 32.1. The predicted octanol–water partition coefficient (Wildman–Crippen LogP) is 3.30. The van der Waals surface area contributed by atoms with Gasteiger partial charge in [-0.05, 0) is 36.9 Å². The highest BCUT2D eigenvalue weighted by Crippen LogP contribution is 2.19. The third-order valence-electron chi connectivity index (χ3n) is 5.89. The van der Waals surface area contributed by atoms with Gasteiger partial charge in [-0.15, -0.1) is 0 Å². The highest BCUT2D eigenvalue weighted by atomic mass is 16.5. The molecule has 7 nitrogen and oxygen atoms in total. The Balaban J connectivity index is 1.48. The van der Waals surface area contributed by atoms with Crippen molar-refractivity contribution in [1.82, 2.24) is 14.8 Å². The topological polar surface area (TPSA) is 88.8 Å². The van der Waals surface area contributed by atoms with E-state index in [4.69, 9.17) is 10.5 Å². The zero-order chi connectivity index (χ0) is 22.8. The van der Waals surface area contributed by atoms with E-state index in [0.717, 1.165) is 36.4 Å². The number of nitrogens with zero attached hydrogens (tertiary/aromatic N) is 3. The van der Waals surface area contributed by atoms with Gasteiger partial charge in [-0.25, -0.2) is 4.98 Å². The third kappa shape index (κ3) is 6.87. The molecule has 1 unspecified atom stereocenters. The average molecular weight is 439 g/mol. The lowest BCUT2D eigenvalue weighted by Gasteiger charge is -2.31. The van der Waals surface area contributed by atoms with Crippen molar-refractivity contribution in [2.45, 2.75) is 57.7 Å². The first-order chi connectivity index (χ1) is 15.6. The van der Waals surface area contributed by atoms with E-state index in [1.54, 1.807) is 24.4 Å². The highest BCUT2D eigenvalue weighted by molar-refractivity contribution is 5.90. The summed E-state index contributed by atoms with van der Waals surface area (Å²) in [7, 11) is 0. The Morgan fingerprint density at radius 2 is 1.97 bits per heavy atom. The molecule has 2 N–H and O–H groups in total. The maximum absolute atomic E-state index is 12.6. The number of benzene rings is 1. The number of amides is 2. The van der Waals surface area contributed by atoms with Crippen LogP contribution in [0.4, 0.5) is 0 Å². The van der Waals surface area contributed by atoms with Crippen molar-refractivity contribution in [3.8, 4) is 5.88 Å². The van der Waals surface area contributed by atoms with Crippen molar-refractivity contribution in [1.29, 1.82) is 0 Å². The molecule has 2 aromatic rings. The maximum atomic E-state index is 12.6. The summed E-state index contributed by atoms with van der Waals surface area (Å²) in [5, 5.41) is 0. The Labute approximate surface area is 190 Å². The molecule has 1 aliphatic heterocycles. The Hall–Kier alpha value is -2.77. The number of hydrogen-bond acceptors (Lipinski definition) is 6. The van der Waals surface area contributed by atoms with Crippen LogP contribution in [0, 0.1) is 0 Å². The predicted molar refractivity (Wildman–Crippen MR) is 124 cm³/mol. The molecule has 0 saturated carbocycles. The molecule has 1 atom stereocenters. The fraction of sp³-hybridized carbons (Fsp3) is 0.480. The Bertz CT molecular complexity index is 836. The minimum Gasteiger partial charge on any atom is -0.474 e. The van der Waals surface area contributed by atoms with Crippen LogP contribution in [-0.4, -0.2) is 52.8 Å². The van der Waals surface area contributed by atoms with Gasteiger partial charge in [0.2, 0.25) is 12.3 Å². The summed E-state index contributed by atoms with van der Waals surface area (Å²) in [6.45, 7) is 5.64. The Morgan fingerprint density at radius 1 is 1.22 bits per heavy atom. The zero-order valence-corrected chi connectivity index (χ0v) is 18.9. The smallest absolute Gasteiger partial charge is 0.250 e. The summed E-state index contributed by atoms with van der Waals surface area (Å²) in [6.07, 6.45) is 8.14. The van der Waals surface area contributed by atoms with Crippen molar-refractivity contribution < 1.29 is 14.3 Å². The van der Waals surface area contributed by atoms with Crippen LogP contribution in [0.5, 0.6) is 5.88 Å². The summed E-state index contributed by atoms with van der Waals surface area (Å²) in [5.74, 6) is 0.125. The van der Waals surface area contributed by atoms with Crippen LogP contribution in [0.1, 0.15) is 56.2 Å². The van der Waals surface area contributed by atoms with Crippen LogP contribution in [0.3, 0.4) is 0 Å². The van der Waals surface area contributed by atoms with E-state index in [1.807, 2.05) is 24.3 Å². The van der Waals surface area contributed by atoms with Gasteiger partial charge in [0.1, 0.15) is 12.1 Å². The van der Waals surface area contributed by atoms with E-state index in [9.17, 15) is 9.59 Å². The van der Waals surface area contributed by atoms with Crippen molar-refractivity contribution in [3.63, 3.8) is 0 Å². The second kappa shape index (κ2) is 12.3. The van der Waals surface area contributed by atoms with Crippen molar-refractivity contribution in [2.24, 2.45) is 5.73 Å². The van der Waals surface area contributed by atoms with Crippen molar-refractivity contribution in [2.75, 3.05) is 19.6 Å². The monoisotopic (exact) mass is 438 g/mol. The van der Waals surface area contributed by atoms with E-state index in [0.29, 0.717) is 17.9 Å². The van der Waals surface area contributed by atoms with Gasteiger partial charge in [0.05, 0.1) is 6.54 Å². The van der Waals surface area contributed by atoms with E-state index in [1.165, 1.54) is 25.8 Å². The molecule has 1 saturated heterocycles. The van der Waals surface area contributed by atoms with Crippen molar-refractivity contribution in [3.05, 3.63) is 59.8 Å². The van der Waals surface area contributed by atoms with Crippen LogP contribution in [-0.2, 0) is 16.1 Å². The van der Waals surface area contributed by atoms with E-state index < -0.39 is 11.9 Å². The molecular formula is C25H34N4O3. The van der Waals surface area contributed by atoms with Gasteiger partial charge < -0.3 is 15.4 Å². The number of pyridine rings is 1. The molecule has 0 aliphatic carbocycles. The first-order valence-corrected chi connectivity index (χ1v) is 11.5. The van der Waals surface area contributed by atoms with E-state index in [2.05, 4.69) is 16.8 Å². The van der Waals surface area contributed by atoms with Gasteiger partial charge in [0.25, 0.3) is 5.91 Å². The molecule has 1 aromatic heterocycles. The van der Waals surface area contributed by atoms with Crippen LogP contribution >= 0.6 is 0 Å². The maximum Gasteiger partial charge on any atom is 0.250 e. The summed E-state index contributed by atoms with van der Waals surface area (Å²) >= 11 is 0. The minimum atomic E-state index is -0.884. The van der Waals surface area contributed by atoms with Gasteiger partial charge in [-0.2, -0.15) is 0 Å². The van der Waals surface area contributed by atoms with E-state index >= 15 is 0 Å². The highest BCUT2D eigenvalue weighted by Gasteiger charge is 2.23. The fourth-order valence-electron chi connectivity index (χ4n) is 3.93. The number of likely N-dealkylation sites (tertiary alicyclic amines) is 1. The number of rotatable bonds is 11. The molecule has 0 bridgehead atoms. The van der Waals surface area contributed by atoms with E-state index in [-0.39, 0.29) is 12.6 Å². The van der Waals surface area contributed by atoms with Crippen LogP contribution in [0.2, 0.25) is 0 Å². The molecule has 32 heavy (non-hydrogen) atoms. The second-order valence-electron chi connectivity index (χ2n) is 8.33. The van der Waals surface area contributed by atoms with Crippen LogP contribution < -0.4 is 10.5 Å². The van der Waals surface area contributed by atoms with Gasteiger partial charge in [-0.3, -0.25) is 14.5 Å². The van der Waals surface area contributed by atoms with Gasteiger partial charge in [0.15, 0.2) is 0 Å². The number of piperidine rings is 1. The molecule has 1 aliphatic rings. The average Bonchev–Trinajstić information content (AvgIpc) is 2.84. The standard InChI is InChI=1S/C25H34N4O3/c1-2-3-7-14-28-15-12-22(13-16-28)32-23-11-10-20(17-27-23)18-29(19-30)25(31)24(26)21-8-5-4-6-9-21/h4-6,8-11,17,19,22,24H,2-3,7,12-16,18,26H2,1H3. The number of aromatic nitrogens is 1. The molecule has 3 rings (SSSR count). The Kier molecular flexibility index (Phi) is 9.19. The number of nitrogens with two attached hydrogens (primary N) is 1. The number of ether oxygens (including phenoxy) is 1. The van der Waals surface area contributed by atoms with Gasteiger partial charge in [-0.1, -0.05) is 56.2 Å². The first-order valence-electron chi connectivity index (χ1n) is 11.5. The largest absolute Gasteiger partial charge is 0.474 e. The molecule has 0 radical (unpaired) electrons. The number of carbonyl (C=O) groups excluding carboxylic acids is 2. The molecule has 7 heteroatoms. The molecule has 2 amide bonds. The molecule has 2 heterocycles. The minimum absolute atomic E-state index is 0.117. The molecule has 172 valence electrons. The molecule has 1 aromatic carbocycles. The van der Waals surface area contributed by atoms with Gasteiger partial charge >= 0.3 is 0 Å². The van der Waals surface area contributed by atoms with Crippen LogP contribution in [0.15, 0.2) is 48.7 Å². The molecule has 0 spiro atoms. The SMILES string of the molecule is CCCCCN1CCC(Oc2ccc(CN(C=O)C(=O)C(N)c3ccccc3)cn2)CC1. The summed E-state index contributed by atoms with van der Waals surface area (Å²) < 4.78 is 6.05. The Morgan fingerprint density at radius 3 is 2.59 bits per heavy atom. The van der Waals surface area contributed by atoms with Crippen molar-refractivity contribution >= 4 is 12.3 Å². The lowest BCUT2D eigenvalue weighted by atomic mass is 10.1. The molecule has 1 fully saturated rings. The number of unbranched alkanes of at least 4 members (excludes halogenated alkanes) is 2. The normalized spacial score (nSPS) is 15.8. The number of imide groups is 1. The second-order valence-corrected chi connectivity index (χ2v) is 8.33. The third-order valence-corrected chi connectivity index (χ3v) is 5.89. The first kappa shape index (κ1) is 23.9. The summed E-state index contributed by atoms with van der Waals surface area (Å²) in [6, 6.07) is 11.8. The van der Waals surface area contributed by atoms with Gasteiger partial charge in [0, 0.05) is 25.4 Å². The lowest BCUT2D eigenvalue weighted by molar-refractivity contribution is -0.140. The number of carbonyl (C=O) groups is 2. The molecular weight excluding hydrogens is 404 g/mol. The zero-order valence-electron chi connectivity index (χ0n) is 18.9. The lowest BCUT2D eigenvalue weighted by Crippen LogP contribution is -2.38. The fourth-order valence-corrected chi connectivity index (χ4v) is 3.93. The van der Waals surface area contributed by atoms with Crippen LogP contribution in [0.25, 0.3) is 0 Å². The number of hydrogen-bond donors (Lipinski definition) is 1. The summed E-state index contributed by atoms with van der Waals surface area (Å²) in [5.41, 5.74) is 7.46. The quantitative estimate of drug-likeness (QED) is 0.428.